The molecule has 4 aromatic carbocycles. The first-order valence-corrected chi connectivity index (χ1v) is 23.4. The van der Waals surface area contributed by atoms with E-state index in [2.05, 4.69) is 102 Å². The average Bonchev–Trinajstić information content (AvgIpc) is 4.00. The molecule has 2 aliphatic heterocycles. The maximum atomic E-state index is 11.1. The summed E-state index contributed by atoms with van der Waals surface area (Å²) in [5, 5.41) is 23.7. The standard InChI is InChI=1S/C48H54N7O7PS/c1-32(2)55(33(3)4)63(60-27-13-26-49)62-42-41-46(54-31-52-40-43(50-30-51-44(40)54)53-45(56)34-14-9-7-10-15-34)61-47(42,28-59-41)29-64-48(35-16-11-8-12-17-35,36-18-22-38(57-5)23-19-36)37-20-24-39(58-6)25-21-37/h7-12,14-25,30-33,41-42,45-46,56H,13,27-29H2,1-6H3,(H,50,51,53)/t41-,42?,45?,46+,47+,63?/m0/s1. The number of aromatic nitrogens is 4. The number of ether oxygens (including phenoxy) is 4. The summed E-state index contributed by atoms with van der Waals surface area (Å²) >= 11 is 1.74. The summed E-state index contributed by atoms with van der Waals surface area (Å²) < 4.78 is 42.6. The zero-order chi connectivity index (χ0) is 44.8. The van der Waals surface area contributed by atoms with Crippen LogP contribution >= 0.6 is 20.3 Å². The number of imidazole rings is 1. The van der Waals surface area contributed by atoms with Crippen molar-refractivity contribution in [3.8, 4) is 17.6 Å². The van der Waals surface area contributed by atoms with Gasteiger partial charge in [-0.3, -0.25) is 4.57 Å². The SMILES string of the molecule is COc1ccc(C(SC[C@]23CO[C@@H](C2OP(OCCC#N)N(C(C)C)C(C)C)[C@H](n2cnc4c(NC(O)c5ccccc5)ncnc42)O3)(c2ccccc2)c2ccc(OC)cc2)cc1. The Balaban J connectivity index is 1.23. The smallest absolute Gasteiger partial charge is 0.259 e. The minimum absolute atomic E-state index is 0.0672. The van der Waals surface area contributed by atoms with Gasteiger partial charge in [-0.05, 0) is 68.7 Å². The Morgan fingerprint density at radius 2 is 1.50 bits per heavy atom. The van der Waals surface area contributed by atoms with Crippen LogP contribution in [0.1, 0.15) is 68.8 Å². The van der Waals surface area contributed by atoms with Crippen molar-refractivity contribution >= 4 is 37.3 Å². The Morgan fingerprint density at radius 1 is 0.891 bits per heavy atom. The van der Waals surface area contributed by atoms with Gasteiger partial charge in [-0.15, -0.1) is 11.8 Å². The van der Waals surface area contributed by atoms with Gasteiger partial charge >= 0.3 is 0 Å². The monoisotopic (exact) mass is 903 g/mol. The maximum Gasteiger partial charge on any atom is 0.259 e. The van der Waals surface area contributed by atoms with Crippen LogP contribution in [0.15, 0.2) is 122 Å². The van der Waals surface area contributed by atoms with E-state index in [-0.39, 0.29) is 31.7 Å². The summed E-state index contributed by atoms with van der Waals surface area (Å²) in [6, 6.07) is 38.5. The van der Waals surface area contributed by atoms with Crippen molar-refractivity contribution in [2.75, 3.05) is 38.5 Å². The molecule has 0 aliphatic carbocycles. The van der Waals surface area contributed by atoms with Crippen LogP contribution in [-0.2, 0) is 23.3 Å². The Kier molecular flexibility index (Phi) is 14.2. The number of hydrogen-bond donors (Lipinski definition) is 2. The van der Waals surface area contributed by atoms with Crippen LogP contribution in [0.25, 0.3) is 11.2 Å². The fourth-order valence-electron chi connectivity index (χ4n) is 8.56. The molecule has 2 bridgehead atoms. The van der Waals surface area contributed by atoms with Crippen LogP contribution < -0.4 is 14.8 Å². The number of thioether (sulfide) groups is 1. The highest BCUT2D eigenvalue weighted by molar-refractivity contribution is 8.00. The number of nitrogens with one attached hydrogen (secondary N) is 1. The molecule has 0 saturated carbocycles. The number of rotatable bonds is 20. The molecule has 6 atom stereocenters. The first kappa shape index (κ1) is 45.4. The summed E-state index contributed by atoms with van der Waals surface area (Å²) in [5.41, 5.74) is 3.75. The van der Waals surface area contributed by atoms with E-state index in [0.29, 0.717) is 28.3 Å². The molecule has 2 N–H and O–H groups in total. The molecular formula is C48H54N7O7PS. The molecule has 0 spiro atoms. The predicted molar refractivity (Wildman–Crippen MR) is 248 cm³/mol. The summed E-state index contributed by atoms with van der Waals surface area (Å²) in [7, 11) is 1.63. The minimum Gasteiger partial charge on any atom is -0.497 e. The van der Waals surface area contributed by atoms with Crippen molar-refractivity contribution in [1.82, 2.24) is 24.2 Å². The molecule has 4 heterocycles. The third-order valence-corrected chi connectivity index (χ3v) is 15.5. The molecule has 6 aromatic rings. The van der Waals surface area contributed by atoms with E-state index < -0.39 is 43.5 Å². The lowest BCUT2D eigenvalue weighted by atomic mass is 9.84. The zero-order valence-corrected chi connectivity index (χ0v) is 38.5. The van der Waals surface area contributed by atoms with E-state index in [9.17, 15) is 10.4 Å². The second kappa shape index (κ2) is 19.9. The number of aliphatic hydroxyl groups excluding tert-OH is 1. The van der Waals surface area contributed by atoms with Gasteiger partial charge in [0.15, 0.2) is 29.4 Å². The Morgan fingerprint density at radius 3 is 2.09 bits per heavy atom. The van der Waals surface area contributed by atoms with Gasteiger partial charge in [0.05, 0.1) is 51.0 Å². The van der Waals surface area contributed by atoms with Crippen LogP contribution in [0.4, 0.5) is 5.82 Å². The quantitative estimate of drug-likeness (QED) is 0.0324. The highest BCUT2D eigenvalue weighted by Crippen LogP contribution is 2.59. The summed E-state index contributed by atoms with van der Waals surface area (Å²) in [6.45, 7) is 8.92. The summed E-state index contributed by atoms with van der Waals surface area (Å²) in [6.07, 6.45) is 0.343. The first-order chi connectivity index (χ1) is 31.1. The molecule has 3 unspecified atom stereocenters. The van der Waals surface area contributed by atoms with Gasteiger partial charge in [0.1, 0.15) is 35.6 Å². The highest BCUT2D eigenvalue weighted by Gasteiger charge is 2.65. The molecule has 16 heteroatoms. The van der Waals surface area contributed by atoms with E-state index in [4.69, 9.17) is 33.0 Å². The summed E-state index contributed by atoms with van der Waals surface area (Å²) in [5.74, 6) is 2.29. The van der Waals surface area contributed by atoms with Gasteiger partial charge in [0, 0.05) is 23.4 Å². The normalized spacial score (nSPS) is 20.5. The molecule has 0 amide bonds. The average molecular weight is 904 g/mol. The maximum absolute atomic E-state index is 11.1. The fourth-order valence-corrected chi connectivity index (χ4v) is 12.1. The third kappa shape index (κ3) is 8.94. The van der Waals surface area contributed by atoms with Gasteiger partial charge in [0.2, 0.25) is 0 Å². The molecule has 2 aliphatic rings. The van der Waals surface area contributed by atoms with Crippen molar-refractivity contribution in [1.29, 1.82) is 5.26 Å². The molecule has 14 nitrogen and oxygen atoms in total. The van der Waals surface area contributed by atoms with Crippen LogP contribution in [0.2, 0.25) is 0 Å². The molecule has 8 rings (SSSR count). The van der Waals surface area contributed by atoms with Crippen LogP contribution in [-0.4, -0.2) is 92.4 Å². The highest BCUT2D eigenvalue weighted by atomic mass is 32.2. The second-order valence-corrected chi connectivity index (χ2v) is 18.8. The summed E-state index contributed by atoms with van der Waals surface area (Å²) in [4.78, 5) is 13.9. The van der Waals surface area contributed by atoms with Crippen LogP contribution in [0.3, 0.4) is 0 Å². The Hall–Kier alpha value is -5.14. The van der Waals surface area contributed by atoms with E-state index in [0.717, 1.165) is 28.2 Å². The number of benzene rings is 4. The van der Waals surface area contributed by atoms with E-state index in [1.807, 2.05) is 65.2 Å². The van der Waals surface area contributed by atoms with Crippen molar-refractivity contribution in [2.24, 2.45) is 0 Å². The van der Waals surface area contributed by atoms with Crippen molar-refractivity contribution in [2.45, 2.75) is 81.2 Å². The third-order valence-electron chi connectivity index (χ3n) is 11.6. The topological polar surface area (TPSA) is 158 Å². The van der Waals surface area contributed by atoms with Crippen molar-refractivity contribution in [3.05, 3.63) is 144 Å². The van der Waals surface area contributed by atoms with E-state index >= 15 is 0 Å². The molecule has 0 radical (unpaired) electrons. The predicted octanol–water partition coefficient (Wildman–Crippen LogP) is 9.00. The van der Waals surface area contributed by atoms with Gasteiger partial charge in [-0.25, -0.2) is 19.6 Å². The largest absolute Gasteiger partial charge is 0.497 e. The van der Waals surface area contributed by atoms with Crippen molar-refractivity contribution < 1.29 is 33.1 Å². The molecule has 64 heavy (non-hydrogen) atoms. The molecule has 2 fully saturated rings. The van der Waals surface area contributed by atoms with Crippen molar-refractivity contribution in [3.63, 3.8) is 0 Å². The molecular weight excluding hydrogens is 850 g/mol. The lowest BCUT2D eigenvalue weighted by Crippen LogP contribution is -2.46. The number of nitrogens with zero attached hydrogens (tertiary/aromatic N) is 6. The van der Waals surface area contributed by atoms with E-state index in [1.54, 1.807) is 32.3 Å². The lowest BCUT2D eigenvalue weighted by molar-refractivity contribution is -0.162. The molecule has 2 aromatic heterocycles. The van der Waals surface area contributed by atoms with E-state index in [1.165, 1.54) is 6.33 Å². The number of nitriles is 1. The number of methoxy groups -OCH3 is 2. The lowest BCUT2D eigenvalue weighted by Gasteiger charge is -2.41. The fraction of sp³-hybridized carbons (Fsp3) is 0.375. The van der Waals surface area contributed by atoms with Gasteiger partial charge in [0.25, 0.3) is 8.53 Å². The van der Waals surface area contributed by atoms with Crippen LogP contribution in [0, 0.1) is 11.3 Å². The zero-order valence-electron chi connectivity index (χ0n) is 36.8. The van der Waals surface area contributed by atoms with Gasteiger partial charge in [-0.2, -0.15) is 5.26 Å². The Bertz CT molecular complexity index is 2440. The number of hydrogen-bond acceptors (Lipinski definition) is 14. The van der Waals surface area contributed by atoms with Gasteiger partial charge < -0.3 is 38.4 Å². The second-order valence-electron chi connectivity index (χ2n) is 16.2. The number of anilines is 1. The molecule has 334 valence electrons. The number of aliphatic hydroxyl groups is 1. The minimum atomic E-state index is -1.70. The van der Waals surface area contributed by atoms with Gasteiger partial charge in [-0.1, -0.05) is 84.9 Å². The first-order valence-electron chi connectivity index (χ1n) is 21.3. The molecule has 2 saturated heterocycles. The number of fused-ring (bicyclic) bond motifs is 3. The van der Waals surface area contributed by atoms with Crippen LogP contribution in [0.5, 0.6) is 11.5 Å². The Labute approximate surface area is 379 Å².